The minimum Gasteiger partial charge on any atom is -0.497 e. The third-order valence-electron chi connectivity index (χ3n) is 4.04. The molecule has 168 valence electrons. The molecule has 0 aromatic heterocycles. The number of allylic oxidation sites excluding steroid dienone is 3. The molecule has 0 radical (unpaired) electrons. The van der Waals surface area contributed by atoms with Crippen molar-refractivity contribution >= 4 is 50.0 Å². The van der Waals surface area contributed by atoms with Crippen LogP contribution in [0, 0.1) is 0 Å². The third-order valence-corrected chi connectivity index (χ3v) is 8.86. The first-order chi connectivity index (χ1) is 14.5. The Morgan fingerprint density at radius 2 is 1.77 bits per heavy atom. The fourth-order valence-electron chi connectivity index (χ4n) is 2.69. The number of ether oxygens (including phenoxy) is 1. The van der Waals surface area contributed by atoms with E-state index in [9.17, 15) is 16.8 Å². The highest BCUT2D eigenvalue weighted by molar-refractivity contribution is 8.27. The summed E-state index contributed by atoms with van der Waals surface area (Å²) in [6.45, 7) is 0. The molecule has 8 nitrogen and oxygen atoms in total. The van der Waals surface area contributed by atoms with Crippen LogP contribution in [0.15, 0.2) is 61.3 Å². The van der Waals surface area contributed by atoms with E-state index in [0.717, 1.165) is 34.2 Å². The molecule has 0 bridgehead atoms. The zero-order valence-electron chi connectivity index (χ0n) is 17.3. The standard InChI is InChI=1S/C19H22N2O6S4/c1-21(2)12-20-31(24,25)18-11-16-17(27-30(4,22)23)10-15(28-19(16)29-18)9-13-5-7-14(26-3)8-6-13/h5-8,10-12,19H,9H2,1-4H3/b20-12+. The van der Waals surface area contributed by atoms with Crippen molar-refractivity contribution in [2.45, 2.75) is 11.0 Å². The van der Waals surface area contributed by atoms with Crippen LogP contribution in [0.4, 0.5) is 0 Å². The number of nitrogens with zero attached hydrogens (tertiary/aromatic N) is 2. The molecular weight excluding hydrogens is 480 g/mol. The smallest absolute Gasteiger partial charge is 0.306 e. The maximum absolute atomic E-state index is 12.6. The van der Waals surface area contributed by atoms with Crippen molar-refractivity contribution in [3.8, 4) is 5.75 Å². The fraction of sp³-hybridized carbons (Fsp3) is 0.316. The van der Waals surface area contributed by atoms with Crippen LogP contribution in [0.25, 0.3) is 0 Å². The van der Waals surface area contributed by atoms with Crippen LogP contribution in [0.1, 0.15) is 5.56 Å². The molecule has 0 aliphatic carbocycles. The first kappa shape index (κ1) is 23.8. The monoisotopic (exact) mass is 502 g/mol. The van der Waals surface area contributed by atoms with Crippen LogP contribution in [0.3, 0.4) is 0 Å². The molecule has 0 saturated carbocycles. The number of thioether (sulfide) groups is 2. The molecule has 2 aliphatic heterocycles. The van der Waals surface area contributed by atoms with Crippen LogP contribution in [-0.2, 0) is 30.7 Å². The van der Waals surface area contributed by atoms with E-state index < -0.39 is 20.1 Å². The molecule has 0 fully saturated rings. The Bertz CT molecular complexity index is 1180. The van der Waals surface area contributed by atoms with E-state index in [-0.39, 0.29) is 14.6 Å². The van der Waals surface area contributed by atoms with Gasteiger partial charge in [0.25, 0.3) is 10.0 Å². The maximum atomic E-state index is 12.6. The Balaban J connectivity index is 1.94. The van der Waals surface area contributed by atoms with E-state index in [1.807, 2.05) is 24.3 Å². The van der Waals surface area contributed by atoms with Gasteiger partial charge in [-0.1, -0.05) is 23.9 Å². The Hall–Kier alpha value is -1.89. The molecule has 31 heavy (non-hydrogen) atoms. The first-order valence-corrected chi connectivity index (χ1v) is 14.0. The van der Waals surface area contributed by atoms with Gasteiger partial charge in [0.05, 0.1) is 17.9 Å². The minimum atomic E-state index is -3.90. The van der Waals surface area contributed by atoms with Gasteiger partial charge in [-0.15, -0.1) is 16.2 Å². The summed E-state index contributed by atoms with van der Waals surface area (Å²) in [7, 11) is -2.77. The van der Waals surface area contributed by atoms with Crippen molar-refractivity contribution in [1.29, 1.82) is 0 Å². The number of benzene rings is 1. The first-order valence-electron chi connectivity index (χ1n) is 8.96. The highest BCUT2D eigenvalue weighted by Crippen LogP contribution is 2.51. The number of fused-ring (bicyclic) bond motifs is 1. The Morgan fingerprint density at radius 3 is 2.35 bits per heavy atom. The molecular formula is C19H22N2O6S4. The molecule has 0 saturated heterocycles. The third kappa shape index (κ3) is 6.31. The summed E-state index contributed by atoms with van der Waals surface area (Å²) < 4.78 is 62.5. The quantitative estimate of drug-likeness (QED) is 0.302. The summed E-state index contributed by atoms with van der Waals surface area (Å²) in [6, 6.07) is 7.53. The van der Waals surface area contributed by atoms with Crippen LogP contribution in [0.5, 0.6) is 5.75 Å². The number of rotatable bonds is 8. The van der Waals surface area contributed by atoms with Gasteiger partial charge in [0, 0.05) is 26.1 Å². The predicted molar refractivity (Wildman–Crippen MR) is 126 cm³/mol. The average Bonchev–Trinajstić information content (AvgIpc) is 3.11. The normalized spacial score (nSPS) is 19.2. The summed E-state index contributed by atoms with van der Waals surface area (Å²) in [5.41, 5.74) is 1.50. The maximum Gasteiger partial charge on any atom is 0.306 e. The number of hydrogen-bond donors (Lipinski definition) is 0. The van der Waals surface area contributed by atoms with E-state index in [2.05, 4.69) is 4.40 Å². The second kappa shape index (κ2) is 9.31. The lowest BCUT2D eigenvalue weighted by atomic mass is 10.1. The summed E-state index contributed by atoms with van der Waals surface area (Å²) in [5, 5.41) is 0. The highest BCUT2D eigenvalue weighted by atomic mass is 32.3. The number of hydrogen-bond acceptors (Lipinski definition) is 8. The van der Waals surface area contributed by atoms with E-state index in [1.54, 1.807) is 27.3 Å². The van der Waals surface area contributed by atoms with Gasteiger partial charge in [0.1, 0.15) is 22.1 Å². The van der Waals surface area contributed by atoms with Gasteiger partial charge in [0.2, 0.25) is 0 Å². The number of methoxy groups -OCH3 is 1. The van der Waals surface area contributed by atoms with E-state index in [1.165, 1.54) is 29.1 Å². The lowest BCUT2D eigenvalue weighted by molar-refractivity contribution is 0.414. The van der Waals surface area contributed by atoms with Crippen molar-refractivity contribution in [3.63, 3.8) is 0 Å². The lowest BCUT2D eigenvalue weighted by Gasteiger charge is -2.22. The largest absolute Gasteiger partial charge is 0.497 e. The lowest BCUT2D eigenvalue weighted by Crippen LogP contribution is -2.11. The summed E-state index contributed by atoms with van der Waals surface area (Å²) >= 11 is 2.58. The molecule has 3 rings (SSSR count). The second-order valence-electron chi connectivity index (χ2n) is 6.93. The van der Waals surface area contributed by atoms with Gasteiger partial charge < -0.3 is 13.8 Å². The molecule has 1 unspecified atom stereocenters. The zero-order chi connectivity index (χ0) is 22.8. The van der Waals surface area contributed by atoms with Crippen LogP contribution in [0.2, 0.25) is 0 Å². The topological polar surface area (TPSA) is 102 Å². The second-order valence-corrected chi connectivity index (χ2v) is 13.0. The Labute approximate surface area is 191 Å². The predicted octanol–water partition coefficient (Wildman–Crippen LogP) is 2.93. The minimum absolute atomic E-state index is 0.0480. The molecule has 0 N–H and O–H groups in total. The molecule has 1 aromatic rings. The average molecular weight is 503 g/mol. The van der Waals surface area contributed by atoms with Crippen molar-refractivity contribution in [3.05, 3.63) is 62.5 Å². The van der Waals surface area contributed by atoms with Gasteiger partial charge in [-0.2, -0.15) is 16.8 Å². The van der Waals surface area contributed by atoms with E-state index in [0.29, 0.717) is 12.0 Å². The van der Waals surface area contributed by atoms with Gasteiger partial charge in [-0.05, 0) is 34.8 Å². The van der Waals surface area contributed by atoms with Gasteiger partial charge >= 0.3 is 10.1 Å². The van der Waals surface area contributed by atoms with Crippen LogP contribution < -0.4 is 4.74 Å². The Kier molecular flexibility index (Phi) is 7.14. The zero-order valence-corrected chi connectivity index (χ0v) is 20.6. The molecule has 2 heterocycles. The molecule has 2 aliphatic rings. The number of sulfonamides is 1. The SMILES string of the molecule is COc1ccc(CC2=CC(OS(C)(=O)=O)=C3C=C(S(=O)(=O)/N=C/N(C)C)SC3S2)cc1. The summed E-state index contributed by atoms with van der Waals surface area (Å²) in [6.07, 6.45) is 5.79. The molecule has 0 spiro atoms. The Morgan fingerprint density at radius 1 is 1.10 bits per heavy atom. The molecule has 1 aromatic carbocycles. The van der Waals surface area contributed by atoms with Crippen LogP contribution >= 0.6 is 23.5 Å². The molecule has 12 heteroatoms. The van der Waals surface area contributed by atoms with Crippen LogP contribution in [-0.4, -0.2) is 60.1 Å². The van der Waals surface area contributed by atoms with Gasteiger partial charge in [-0.3, -0.25) is 0 Å². The van der Waals surface area contributed by atoms with Crippen molar-refractivity contribution in [2.75, 3.05) is 27.5 Å². The molecule has 1 atom stereocenters. The summed E-state index contributed by atoms with van der Waals surface area (Å²) in [5.74, 6) is 0.866. The summed E-state index contributed by atoms with van der Waals surface area (Å²) in [4.78, 5) is 2.37. The van der Waals surface area contributed by atoms with Crippen molar-refractivity contribution < 1.29 is 25.8 Å². The van der Waals surface area contributed by atoms with E-state index in [4.69, 9.17) is 8.92 Å². The molecule has 0 amide bonds. The van der Waals surface area contributed by atoms with E-state index >= 15 is 0 Å². The fourth-order valence-corrected chi connectivity index (χ4v) is 7.54. The van der Waals surface area contributed by atoms with Gasteiger partial charge in [-0.25, -0.2) is 0 Å². The highest BCUT2D eigenvalue weighted by Gasteiger charge is 2.36. The van der Waals surface area contributed by atoms with Crippen molar-refractivity contribution in [2.24, 2.45) is 4.40 Å². The van der Waals surface area contributed by atoms with Gasteiger partial charge in [0.15, 0.2) is 0 Å². The van der Waals surface area contributed by atoms with Crippen molar-refractivity contribution in [1.82, 2.24) is 4.90 Å².